The standard InChI is InChI=1S/C14H18N2O2S2/c1-10-8-13(4-5-14(10)16-20(3,17)18)15-11(2)12-6-7-19-9-12/h4-9,11,15-16H,1-3H3. The average Bonchev–Trinajstić information content (AvgIpc) is 2.85. The molecule has 0 aliphatic heterocycles. The van der Waals surface area contributed by atoms with Crippen LogP contribution in [0.25, 0.3) is 0 Å². The van der Waals surface area contributed by atoms with E-state index in [1.165, 1.54) is 5.56 Å². The Kier molecular flexibility index (Phi) is 4.35. The van der Waals surface area contributed by atoms with E-state index in [0.29, 0.717) is 5.69 Å². The van der Waals surface area contributed by atoms with E-state index in [4.69, 9.17) is 0 Å². The SMILES string of the molecule is Cc1cc(NC(C)c2ccsc2)ccc1NS(C)(=O)=O. The fraction of sp³-hybridized carbons (Fsp3) is 0.286. The summed E-state index contributed by atoms with van der Waals surface area (Å²) in [6.07, 6.45) is 1.15. The Labute approximate surface area is 123 Å². The van der Waals surface area contributed by atoms with Crippen molar-refractivity contribution in [2.45, 2.75) is 19.9 Å². The van der Waals surface area contributed by atoms with Gasteiger partial charge >= 0.3 is 0 Å². The number of nitrogens with one attached hydrogen (secondary N) is 2. The lowest BCUT2D eigenvalue weighted by Crippen LogP contribution is -2.11. The van der Waals surface area contributed by atoms with Crippen LogP contribution >= 0.6 is 11.3 Å². The number of hydrogen-bond donors (Lipinski definition) is 2. The van der Waals surface area contributed by atoms with E-state index in [1.807, 2.05) is 19.1 Å². The number of benzene rings is 1. The highest BCUT2D eigenvalue weighted by molar-refractivity contribution is 7.92. The maximum Gasteiger partial charge on any atom is 0.229 e. The van der Waals surface area contributed by atoms with Gasteiger partial charge in [0.05, 0.1) is 11.9 Å². The zero-order valence-electron chi connectivity index (χ0n) is 11.7. The van der Waals surface area contributed by atoms with Gasteiger partial charge in [-0.2, -0.15) is 11.3 Å². The maximum atomic E-state index is 11.2. The first-order valence-electron chi connectivity index (χ1n) is 6.22. The van der Waals surface area contributed by atoms with Crippen molar-refractivity contribution >= 4 is 32.7 Å². The summed E-state index contributed by atoms with van der Waals surface area (Å²) in [5.41, 5.74) is 3.71. The van der Waals surface area contributed by atoms with Gasteiger partial charge in [-0.05, 0) is 60.0 Å². The Hall–Kier alpha value is -1.53. The van der Waals surface area contributed by atoms with Gasteiger partial charge in [0, 0.05) is 11.7 Å². The molecule has 1 atom stereocenters. The van der Waals surface area contributed by atoms with Crippen LogP contribution in [0.3, 0.4) is 0 Å². The molecule has 20 heavy (non-hydrogen) atoms. The average molecular weight is 310 g/mol. The van der Waals surface area contributed by atoms with Gasteiger partial charge in [-0.3, -0.25) is 4.72 Å². The fourth-order valence-electron chi connectivity index (χ4n) is 1.92. The van der Waals surface area contributed by atoms with Gasteiger partial charge in [-0.1, -0.05) is 0 Å². The number of hydrogen-bond acceptors (Lipinski definition) is 4. The molecular formula is C14H18N2O2S2. The molecule has 108 valence electrons. The van der Waals surface area contributed by atoms with Crippen LogP contribution in [0.4, 0.5) is 11.4 Å². The number of anilines is 2. The lowest BCUT2D eigenvalue weighted by molar-refractivity contribution is 0.607. The molecule has 1 unspecified atom stereocenters. The molecule has 0 aliphatic carbocycles. The van der Waals surface area contributed by atoms with Crippen LogP contribution in [-0.2, 0) is 10.0 Å². The van der Waals surface area contributed by atoms with Crippen LogP contribution in [0.2, 0.25) is 0 Å². The summed E-state index contributed by atoms with van der Waals surface area (Å²) in [6, 6.07) is 7.91. The topological polar surface area (TPSA) is 58.2 Å². The zero-order valence-corrected chi connectivity index (χ0v) is 13.3. The third-order valence-corrected chi connectivity index (χ3v) is 4.24. The third-order valence-electron chi connectivity index (χ3n) is 2.95. The molecular weight excluding hydrogens is 292 g/mol. The van der Waals surface area contributed by atoms with E-state index < -0.39 is 10.0 Å². The summed E-state index contributed by atoms with van der Waals surface area (Å²) in [4.78, 5) is 0. The summed E-state index contributed by atoms with van der Waals surface area (Å²) in [6.45, 7) is 3.98. The summed E-state index contributed by atoms with van der Waals surface area (Å²) in [5, 5.41) is 7.57. The number of thiophene rings is 1. The second kappa shape index (κ2) is 5.85. The summed E-state index contributed by atoms with van der Waals surface area (Å²) < 4.78 is 25.0. The zero-order chi connectivity index (χ0) is 14.8. The van der Waals surface area contributed by atoms with E-state index in [1.54, 1.807) is 17.4 Å². The van der Waals surface area contributed by atoms with Crippen LogP contribution in [0.15, 0.2) is 35.0 Å². The lowest BCUT2D eigenvalue weighted by atomic mass is 10.1. The smallest absolute Gasteiger partial charge is 0.229 e. The van der Waals surface area contributed by atoms with Crippen LogP contribution < -0.4 is 10.0 Å². The van der Waals surface area contributed by atoms with Crippen LogP contribution in [0.5, 0.6) is 0 Å². The molecule has 0 radical (unpaired) electrons. The number of rotatable bonds is 5. The first-order valence-corrected chi connectivity index (χ1v) is 9.05. The molecule has 0 fully saturated rings. The third kappa shape index (κ3) is 3.98. The molecule has 0 aliphatic rings. The predicted molar refractivity (Wildman–Crippen MR) is 86.0 cm³/mol. The van der Waals surface area contributed by atoms with Crippen LogP contribution in [0.1, 0.15) is 24.1 Å². The van der Waals surface area contributed by atoms with Crippen molar-refractivity contribution in [2.75, 3.05) is 16.3 Å². The summed E-state index contributed by atoms with van der Waals surface area (Å²) in [7, 11) is -3.24. The van der Waals surface area contributed by atoms with Crippen molar-refractivity contribution in [2.24, 2.45) is 0 Å². The number of sulfonamides is 1. The van der Waals surface area contributed by atoms with Gasteiger partial charge in [-0.25, -0.2) is 8.42 Å². The summed E-state index contributed by atoms with van der Waals surface area (Å²) in [5.74, 6) is 0. The van der Waals surface area contributed by atoms with Gasteiger partial charge in [0.2, 0.25) is 10.0 Å². The second-order valence-corrected chi connectivity index (χ2v) is 7.36. The van der Waals surface area contributed by atoms with Crippen molar-refractivity contribution in [3.05, 3.63) is 46.2 Å². The minimum atomic E-state index is -3.24. The van der Waals surface area contributed by atoms with Crippen LogP contribution in [0, 0.1) is 6.92 Å². The molecule has 6 heteroatoms. The molecule has 2 rings (SSSR count). The monoisotopic (exact) mass is 310 g/mol. The van der Waals surface area contributed by atoms with Gasteiger partial charge in [0.1, 0.15) is 0 Å². The molecule has 0 saturated carbocycles. The van der Waals surface area contributed by atoms with E-state index in [9.17, 15) is 8.42 Å². The summed E-state index contributed by atoms with van der Waals surface area (Å²) >= 11 is 1.67. The largest absolute Gasteiger partial charge is 0.378 e. The first kappa shape index (κ1) is 14.9. The van der Waals surface area contributed by atoms with E-state index in [2.05, 4.69) is 33.8 Å². The fourth-order valence-corrected chi connectivity index (χ4v) is 3.31. The lowest BCUT2D eigenvalue weighted by Gasteiger charge is -2.16. The van der Waals surface area contributed by atoms with Crippen molar-refractivity contribution in [3.8, 4) is 0 Å². The normalized spacial score (nSPS) is 12.9. The Morgan fingerprint density at radius 2 is 2.00 bits per heavy atom. The van der Waals surface area contributed by atoms with Crippen LogP contribution in [-0.4, -0.2) is 14.7 Å². The number of aryl methyl sites for hydroxylation is 1. The Morgan fingerprint density at radius 3 is 2.55 bits per heavy atom. The second-order valence-electron chi connectivity index (χ2n) is 4.83. The molecule has 0 saturated heterocycles. The van der Waals surface area contributed by atoms with Crippen molar-refractivity contribution in [3.63, 3.8) is 0 Å². The Bertz CT molecular complexity index is 679. The Morgan fingerprint density at radius 1 is 1.25 bits per heavy atom. The molecule has 1 aromatic carbocycles. The Balaban J connectivity index is 2.13. The first-order chi connectivity index (χ1) is 9.35. The highest BCUT2D eigenvalue weighted by Crippen LogP contribution is 2.25. The highest BCUT2D eigenvalue weighted by atomic mass is 32.2. The van der Waals surface area contributed by atoms with Crippen molar-refractivity contribution in [1.82, 2.24) is 0 Å². The minimum Gasteiger partial charge on any atom is -0.378 e. The van der Waals surface area contributed by atoms with Gasteiger partial charge in [-0.15, -0.1) is 0 Å². The molecule has 2 aromatic rings. The highest BCUT2D eigenvalue weighted by Gasteiger charge is 2.08. The minimum absolute atomic E-state index is 0.217. The van der Waals surface area contributed by atoms with E-state index >= 15 is 0 Å². The van der Waals surface area contributed by atoms with Crippen molar-refractivity contribution < 1.29 is 8.42 Å². The van der Waals surface area contributed by atoms with Gasteiger partial charge in [0.15, 0.2) is 0 Å². The van der Waals surface area contributed by atoms with E-state index in [0.717, 1.165) is 17.5 Å². The molecule has 2 N–H and O–H groups in total. The molecule has 4 nitrogen and oxygen atoms in total. The van der Waals surface area contributed by atoms with Gasteiger partial charge in [0.25, 0.3) is 0 Å². The predicted octanol–water partition coefficient (Wildman–Crippen LogP) is 3.60. The van der Waals surface area contributed by atoms with Crippen molar-refractivity contribution in [1.29, 1.82) is 0 Å². The van der Waals surface area contributed by atoms with E-state index in [-0.39, 0.29) is 6.04 Å². The molecule has 0 amide bonds. The molecule has 0 spiro atoms. The molecule has 1 heterocycles. The quantitative estimate of drug-likeness (QED) is 0.887. The molecule has 1 aromatic heterocycles. The van der Waals surface area contributed by atoms with Gasteiger partial charge < -0.3 is 5.32 Å². The maximum absolute atomic E-state index is 11.2. The molecule has 0 bridgehead atoms.